The second kappa shape index (κ2) is 8.81. The Labute approximate surface area is 207 Å². The van der Waals surface area contributed by atoms with Crippen molar-refractivity contribution >= 4 is 22.9 Å². The monoisotopic (exact) mass is 476 g/mol. The van der Waals surface area contributed by atoms with Crippen LogP contribution in [-0.4, -0.2) is 61.3 Å². The minimum absolute atomic E-state index is 0.000397. The second-order valence-electron chi connectivity index (χ2n) is 11.0. The zero-order valence-corrected chi connectivity index (χ0v) is 21.7. The van der Waals surface area contributed by atoms with Crippen LogP contribution in [0.25, 0.3) is 16.9 Å². The molecule has 0 radical (unpaired) electrons. The topological polar surface area (TPSA) is 76.4 Å². The maximum Gasteiger partial charge on any atom is 0.410 e. The number of ether oxygens (including phenoxy) is 1. The number of carbonyl (C=O) groups is 1. The van der Waals surface area contributed by atoms with Gasteiger partial charge in [-0.2, -0.15) is 0 Å². The Morgan fingerprint density at radius 2 is 1.89 bits per heavy atom. The van der Waals surface area contributed by atoms with Crippen molar-refractivity contribution in [3.63, 3.8) is 0 Å². The van der Waals surface area contributed by atoms with Crippen LogP contribution in [0.4, 0.5) is 10.6 Å². The average molecular weight is 477 g/mol. The highest BCUT2D eigenvalue weighted by molar-refractivity contribution is 5.93. The molecule has 0 bridgehead atoms. The fraction of sp³-hybridized carbons (Fsp3) is 0.556. The molecule has 4 heterocycles. The van der Waals surface area contributed by atoms with Crippen LogP contribution in [0.2, 0.25) is 0 Å². The summed E-state index contributed by atoms with van der Waals surface area (Å²) in [6.07, 6.45) is 8.83. The molecule has 0 aromatic carbocycles. The Balaban J connectivity index is 1.53. The van der Waals surface area contributed by atoms with Gasteiger partial charge in [-0.3, -0.25) is 4.57 Å². The summed E-state index contributed by atoms with van der Waals surface area (Å²) in [6, 6.07) is 4.29. The summed E-state index contributed by atoms with van der Waals surface area (Å²) in [6.45, 7) is 13.4. The SMILES string of the molecule is CCc1ccnc(-n2cc(C3CC3)c3c(N4CC(C)N(C(=O)OC(C)(C)C)CC4C)ncnc32)c1. The number of nitrogens with zero attached hydrogens (tertiary/aromatic N) is 6. The van der Waals surface area contributed by atoms with Crippen LogP contribution in [0.15, 0.2) is 30.9 Å². The zero-order chi connectivity index (χ0) is 24.9. The van der Waals surface area contributed by atoms with E-state index in [0.29, 0.717) is 19.0 Å². The van der Waals surface area contributed by atoms with Crippen molar-refractivity contribution in [2.45, 2.75) is 84.4 Å². The molecule has 0 spiro atoms. The van der Waals surface area contributed by atoms with Gasteiger partial charge in [0.05, 0.1) is 5.39 Å². The van der Waals surface area contributed by atoms with E-state index in [0.717, 1.165) is 29.1 Å². The van der Waals surface area contributed by atoms with Crippen LogP contribution in [0.1, 0.15) is 71.4 Å². The predicted molar refractivity (Wildman–Crippen MR) is 137 cm³/mol. The van der Waals surface area contributed by atoms with E-state index in [4.69, 9.17) is 14.7 Å². The van der Waals surface area contributed by atoms with Crippen molar-refractivity contribution in [3.05, 3.63) is 42.0 Å². The highest BCUT2D eigenvalue weighted by Gasteiger charge is 2.37. The summed E-state index contributed by atoms with van der Waals surface area (Å²) in [5, 5.41) is 1.11. The maximum atomic E-state index is 12.8. The van der Waals surface area contributed by atoms with Crippen LogP contribution in [0.5, 0.6) is 0 Å². The van der Waals surface area contributed by atoms with Crippen molar-refractivity contribution in [2.24, 2.45) is 0 Å². The van der Waals surface area contributed by atoms with Gasteiger partial charge in [0.1, 0.15) is 23.6 Å². The molecular weight excluding hydrogens is 440 g/mol. The van der Waals surface area contributed by atoms with Crippen molar-refractivity contribution in [2.75, 3.05) is 18.0 Å². The van der Waals surface area contributed by atoms with Gasteiger partial charge >= 0.3 is 6.09 Å². The predicted octanol–water partition coefficient (Wildman–Crippen LogP) is 5.09. The van der Waals surface area contributed by atoms with Gasteiger partial charge in [0, 0.05) is 37.6 Å². The van der Waals surface area contributed by atoms with Gasteiger partial charge in [-0.1, -0.05) is 6.92 Å². The largest absolute Gasteiger partial charge is 0.444 e. The summed E-state index contributed by atoms with van der Waals surface area (Å²) < 4.78 is 7.79. The fourth-order valence-corrected chi connectivity index (χ4v) is 4.98. The van der Waals surface area contributed by atoms with E-state index in [2.05, 4.69) is 53.6 Å². The number of amides is 1. The lowest BCUT2D eigenvalue weighted by molar-refractivity contribution is 0.0130. The first kappa shape index (κ1) is 23.6. The normalized spacial score (nSPS) is 21.0. The minimum Gasteiger partial charge on any atom is -0.444 e. The summed E-state index contributed by atoms with van der Waals surface area (Å²) in [7, 11) is 0. The lowest BCUT2D eigenvalue weighted by Gasteiger charge is -2.44. The molecule has 1 saturated heterocycles. The summed E-state index contributed by atoms with van der Waals surface area (Å²) in [5.41, 5.74) is 2.93. The molecule has 8 nitrogen and oxygen atoms in total. The van der Waals surface area contributed by atoms with E-state index >= 15 is 0 Å². The summed E-state index contributed by atoms with van der Waals surface area (Å²) in [4.78, 5) is 31.2. The second-order valence-corrected chi connectivity index (χ2v) is 11.0. The van der Waals surface area contributed by atoms with E-state index in [1.165, 1.54) is 24.0 Å². The molecule has 5 rings (SSSR count). The van der Waals surface area contributed by atoms with E-state index in [1.54, 1.807) is 6.33 Å². The number of pyridine rings is 1. The molecule has 2 aliphatic rings. The third-order valence-corrected chi connectivity index (χ3v) is 6.96. The number of carbonyl (C=O) groups excluding carboxylic acids is 1. The Bertz CT molecular complexity index is 1240. The Hall–Kier alpha value is -3.16. The number of aromatic nitrogens is 4. The molecule has 3 aromatic heterocycles. The Morgan fingerprint density at radius 3 is 2.57 bits per heavy atom. The smallest absolute Gasteiger partial charge is 0.410 e. The van der Waals surface area contributed by atoms with E-state index in [1.807, 2.05) is 31.9 Å². The minimum atomic E-state index is -0.513. The molecule has 8 heteroatoms. The van der Waals surface area contributed by atoms with Gasteiger partial charge in [0.25, 0.3) is 0 Å². The summed E-state index contributed by atoms with van der Waals surface area (Å²) >= 11 is 0. The highest BCUT2D eigenvalue weighted by Crippen LogP contribution is 2.46. The molecule has 186 valence electrons. The average Bonchev–Trinajstić information content (AvgIpc) is 3.58. The number of rotatable bonds is 4. The Morgan fingerprint density at radius 1 is 1.11 bits per heavy atom. The van der Waals surface area contributed by atoms with Crippen molar-refractivity contribution < 1.29 is 9.53 Å². The van der Waals surface area contributed by atoms with Crippen molar-refractivity contribution in [3.8, 4) is 5.82 Å². The quantitative estimate of drug-likeness (QED) is 0.522. The number of hydrogen-bond donors (Lipinski definition) is 0. The molecule has 1 amide bonds. The number of aryl methyl sites for hydroxylation is 1. The molecule has 3 aromatic rings. The fourth-order valence-electron chi connectivity index (χ4n) is 4.98. The highest BCUT2D eigenvalue weighted by atomic mass is 16.6. The third-order valence-electron chi connectivity index (χ3n) is 6.96. The van der Waals surface area contributed by atoms with E-state index in [9.17, 15) is 4.79 Å². The Kier molecular flexibility index (Phi) is 5.93. The number of fused-ring (bicyclic) bond motifs is 1. The van der Waals surface area contributed by atoms with Crippen LogP contribution in [-0.2, 0) is 11.2 Å². The van der Waals surface area contributed by atoms with E-state index < -0.39 is 5.60 Å². The van der Waals surface area contributed by atoms with Crippen LogP contribution in [0.3, 0.4) is 0 Å². The molecule has 2 unspecified atom stereocenters. The molecule has 1 saturated carbocycles. The lowest BCUT2D eigenvalue weighted by atomic mass is 10.1. The first-order valence-corrected chi connectivity index (χ1v) is 12.7. The lowest BCUT2D eigenvalue weighted by Crippen LogP contribution is -2.59. The number of piperazine rings is 1. The van der Waals surface area contributed by atoms with Gasteiger partial charge in [-0.05, 0) is 83.1 Å². The van der Waals surface area contributed by atoms with Gasteiger partial charge in [0.2, 0.25) is 0 Å². The van der Waals surface area contributed by atoms with Crippen LogP contribution < -0.4 is 4.90 Å². The zero-order valence-electron chi connectivity index (χ0n) is 21.7. The van der Waals surface area contributed by atoms with Gasteiger partial charge in [-0.25, -0.2) is 19.7 Å². The van der Waals surface area contributed by atoms with Crippen LogP contribution >= 0.6 is 0 Å². The molecule has 1 aliphatic carbocycles. The first-order chi connectivity index (χ1) is 16.7. The number of hydrogen-bond acceptors (Lipinski definition) is 6. The van der Waals surface area contributed by atoms with Crippen LogP contribution in [0, 0.1) is 0 Å². The third kappa shape index (κ3) is 4.58. The molecule has 2 fully saturated rings. The van der Waals surface area contributed by atoms with Gasteiger partial charge < -0.3 is 14.5 Å². The van der Waals surface area contributed by atoms with Crippen molar-refractivity contribution in [1.82, 2.24) is 24.4 Å². The molecular formula is C27H36N6O2. The summed E-state index contributed by atoms with van der Waals surface area (Å²) in [5.74, 6) is 2.38. The standard InChI is InChI=1S/C27H36N6O2/c1-7-19-10-11-28-22(12-19)33-15-21(20-8-9-20)23-24(29-16-30-25(23)33)31-13-18(3)32(14-17(31)2)26(34)35-27(4,5)6/h10-12,15-18,20H,7-9,13-14H2,1-6H3. The van der Waals surface area contributed by atoms with E-state index in [-0.39, 0.29) is 18.2 Å². The number of anilines is 1. The van der Waals surface area contributed by atoms with Gasteiger partial charge in [0.15, 0.2) is 5.65 Å². The van der Waals surface area contributed by atoms with Gasteiger partial charge in [-0.15, -0.1) is 0 Å². The van der Waals surface area contributed by atoms with Crippen molar-refractivity contribution in [1.29, 1.82) is 0 Å². The first-order valence-electron chi connectivity index (χ1n) is 12.7. The molecule has 35 heavy (non-hydrogen) atoms. The molecule has 2 atom stereocenters. The maximum absolute atomic E-state index is 12.8. The molecule has 1 aliphatic heterocycles. The molecule has 0 N–H and O–H groups in total.